The van der Waals surface area contributed by atoms with Gasteiger partial charge in [-0.15, -0.1) is 0 Å². The van der Waals surface area contributed by atoms with Crippen molar-refractivity contribution in [1.82, 2.24) is 9.97 Å². The Morgan fingerprint density at radius 3 is 1.86 bits per heavy atom. The van der Waals surface area contributed by atoms with Crippen molar-refractivity contribution in [2.45, 2.75) is 35.1 Å². The van der Waals surface area contributed by atoms with Gasteiger partial charge in [0.05, 0.1) is 22.7 Å². The summed E-state index contributed by atoms with van der Waals surface area (Å²) in [6.07, 6.45) is 4.32. The first-order valence-electron chi connectivity index (χ1n) is 9.35. The number of nitriles is 1. The van der Waals surface area contributed by atoms with E-state index in [1.807, 2.05) is 76.2 Å². The lowest BCUT2D eigenvalue weighted by Crippen LogP contribution is -1.81. The Labute approximate surface area is 175 Å². The zero-order valence-corrected chi connectivity index (χ0v) is 16.8. The minimum atomic E-state index is 0. The average Bonchev–Trinajstić information content (AvgIpc) is 2.81. The Bertz CT molecular complexity index is 1060. The zero-order chi connectivity index (χ0) is 20.8. The molecule has 29 heavy (non-hydrogen) atoms. The lowest BCUT2D eigenvalue weighted by molar-refractivity contribution is 0.112. The molecule has 0 fully saturated rings. The van der Waals surface area contributed by atoms with Gasteiger partial charge in [-0.1, -0.05) is 47.3 Å². The van der Waals surface area contributed by atoms with E-state index in [2.05, 4.69) is 16.0 Å². The number of fused-ring (bicyclic) bond motifs is 2. The van der Waals surface area contributed by atoms with E-state index < -0.39 is 0 Å². The Kier molecular flexibility index (Phi) is 12.7. The van der Waals surface area contributed by atoms with Crippen LogP contribution in [0.3, 0.4) is 0 Å². The van der Waals surface area contributed by atoms with Crippen molar-refractivity contribution in [3.05, 3.63) is 84.2 Å². The molecule has 2 aromatic carbocycles. The van der Waals surface area contributed by atoms with Gasteiger partial charge in [-0.25, -0.2) is 0 Å². The summed E-state index contributed by atoms with van der Waals surface area (Å²) >= 11 is 0. The van der Waals surface area contributed by atoms with E-state index in [-0.39, 0.29) is 8.85 Å². The van der Waals surface area contributed by atoms with Crippen LogP contribution in [0, 0.1) is 11.3 Å². The van der Waals surface area contributed by atoms with Gasteiger partial charge < -0.3 is 0 Å². The summed E-state index contributed by atoms with van der Waals surface area (Å²) in [6.45, 7) is 8.00. The minimum Gasteiger partial charge on any atom is -0.298 e. The number of carbonyl (C=O) groups is 1. The maximum absolute atomic E-state index is 10.4. The average molecular weight is 390 g/mol. The standard InChI is InChI=1S/C10H6N2.C10H7NO.2C2H6.CH4.H2/c11-7-8-3-4-10-9(6-8)2-1-5-12-10;12-7-8-3-4-10-9(6-8)2-1-5-11-10;2*1-2;;/h1-6H;1-7H;2*1-2H3;1H4;1H. The smallest absolute Gasteiger partial charge is 0.150 e. The number of pyridine rings is 2. The molecule has 0 atom stereocenters. The number of hydrogen-bond acceptors (Lipinski definition) is 4. The second-order valence-corrected chi connectivity index (χ2v) is 5.10. The first-order chi connectivity index (χ1) is 13.8. The highest BCUT2D eigenvalue weighted by atomic mass is 16.1. The molecule has 0 aliphatic heterocycles. The summed E-state index contributed by atoms with van der Waals surface area (Å²) in [5.41, 5.74) is 3.21. The molecule has 0 radical (unpaired) electrons. The molecule has 2 aromatic heterocycles. The molecule has 4 rings (SSSR count). The molecule has 0 saturated heterocycles. The Morgan fingerprint density at radius 2 is 1.34 bits per heavy atom. The first kappa shape index (κ1) is 25.4. The van der Waals surface area contributed by atoms with E-state index in [9.17, 15) is 4.79 Å². The number of aldehydes is 1. The van der Waals surface area contributed by atoms with Crippen molar-refractivity contribution in [3.8, 4) is 6.07 Å². The minimum absolute atomic E-state index is 0. The summed E-state index contributed by atoms with van der Waals surface area (Å²) in [4.78, 5) is 18.7. The van der Waals surface area contributed by atoms with Crippen molar-refractivity contribution < 1.29 is 6.22 Å². The summed E-state index contributed by atoms with van der Waals surface area (Å²) in [5, 5.41) is 10.6. The molecule has 4 aromatic rings. The molecule has 0 N–H and O–H groups in total. The largest absolute Gasteiger partial charge is 0.298 e. The van der Waals surface area contributed by atoms with Gasteiger partial charge in [-0.2, -0.15) is 5.26 Å². The van der Waals surface area contributed by atoms with Crippen LogP contribution >= 0.6 is 0 Å². The van der Waals surface area contributed by atoms with Gasteiger partial charge in [-0.3, -0.25) is 14.8 Å². The molecule has 4 nitrogen and oxygen atoms in total. The molecule has 0 amide bonds. The Hall–Kier alpha value is -3.58. The van der Waals surface area contributed by atoms with Crippen LogP contribution in [-0.2, 0) is 0 Å². The summed E-state index contributed by atoms with van der Waals surface area (Å²) in [5.74, 6) is 0. The van der Waals surface area contributed by atoms with E-state index >= 15 is 0 Å². The van der Waals surface area contributed by atoms with E-state index in [4.69, 9.17) is 5.26 Å². The topological polar surface area (TPSA) is 66.6 Å². The molecular formula is C25H31N3O. The van der Waals surface area contributed by atoms with E-state index in [1.165, 1.54) is 0 Å². The summed E-state index contributed by atoms with van der Waals surface area (Å²) in [7, 11) is 0. The molecule has 4 heteroatoms. The molecule has 0 aliphatic carbocycles. The van der Waals surface area contributed by atoms with Crippen molar-refractivity contribution >= 4 is 28.1 Å². The summed E-state index contributed by atoms with van der Waals surface area (Å²) in [6, 6.07) is 20.6. The van der Waals surface area contributed by atoms with Crippen LogP contribution in [0.25, 0.3) is 21.8 Å². The van der Waals surface area contributed by atoms with Gasteiger partial charge >= 0.3 is 0 Å². The van der Waals surface area contributed by atoms with Crippen LogP contribution in [0.5, 0.6) is 0 Å². The van der Waals surface area contributed by atoms with Crippen LogP contribution < -0.4 is 0 Å². The predicted octanol–water partition coefficient (Wildman–Crippen LogP) is 7.09. The number of nitrogens with zero attached hydrogens (tertiary/aromatic N) is 3. The van der Waals surface area contributed by atoms with Crippen molar-refractivity contribution in [3.63, 3.8) is 0 Å². The lowest BCUT2D eigenvalue weighted by Gasteiger charge is -1.95. The molecule has 2 heterocycles. The molecule has 0 saturated carbocycles. The highest BCUT2D eigenvalue weighted by molar-refractivity contribution is 5.86. The molecular weight excluding hydrogens is 358 g/mol. The Balaban J connectivity index is 0. The molecule has 152 valence electrons. The third-order valence-electron chi connectivity index (χ3n) is 3.50. The monoisotopic (exact) mass is 389 g/mol. The molecule has 0 bridgehead atoms. The fourth-order valence-electron chi connectivity index (χ4n) is 2.31. The maximum atomic E-state index is 10.4. The fourth-order valence-corrected chi connectivity index (χ4v) is 2.31. The van der Waals surface area contributed by atoms with Crippen LogP contribution in [0.4, 0.5) is 0 Å². The van der Waals surface area contributed by atoms with Crippen molar-refractivity contribution in [2.24, 2.45) is 0 Å². The number of rotatable bonds is 1. The molecule has 0 aliphatic rings. The Morgan fingerprint density at radius 1 is 0.828 bits per heavy atom. The number of carbonyl (C=O) groups excluding carboxylic acids is 1. The van der Waals surface area contributed by atoms with Crippen LogP contribution in [0.2, 0.25) is 0 Å². The third kappa shape index (κ3) is 7.51. The fraction of sp³-hybridized carbons (Fsp3) is 0.200. The number of aromatic nitrogens is 2. The van der Waals surface area contributed by atoms with Gasteiger partial charge in [-0.05, 0) is 48.5 Å². The SMILES string of the molecule is C.CC.CC.N#Cc1ccc2ncccc2c1.O=Cc1ccc2ncccc2c1.[HH]. The van der Waals surface area contributed by atoms with Gasteiger partial charge in [0, 0.05) is 30.2 Å². The second kappa shape index (κ2) is 14.5. The van der Waals surface area contributed by atoms with Crippen LogP contribution in [0.15, 0.2) is 73.1 Å². The highest BCUT2D eigenvalue weighted by Crippen LogP contribution is 2.12. The lowest BCUT2D eigenvalue weighted by atomic mass is 10.1. The predicted molar refractivity (Wildman–Crippen MR) is 125 cm³/mol. The molecule has 0 unspecified atom stereocenters. The quantitative estimate of drug-likeness (QED) is 0.326. The first-order valence-corrected chi connectivity index (χ1v) is 9.35. The van der Waals surface area contributed by atoms with Crippen LogP contribution in [-0.4, -0.2) is 16.3 Å². The number of hydrogen-bond donors (Lipinski definition) is 0. The third-order valence-corrected chi connectivity index (χ3v) is 3.50. The summed E-state index contributed by atoms with van der Waals surface area (Å²) < 4.78 is 0. The van der Waals surface area contributed by atoms with Gasteiger partial charge in [0.15, 0.2) is 0 Å². The van der Waals surface area contributed by atoms with E-state index in [0.717, 1.165) is 28.1 Å². The highest BCUT2D eigenvalue weighted by Gasteiger charge is 1.94. The van der Waals surface area contributed by atoms with E-state index in [0.29, 0.717) is 11.1 Å². The normalized spacial score (nSPS) is 8.52. The van der Waals surface area contributed by atoms with E-state index in [1.54, 1.807) is 24.5 Å². The second-order valence-electron chi connectivity index (χ2n) is 5.10. The van der Waals surface area contributed by atoms with Crippen molar-refractivity contribution in [2.75, 3.05) is 0 Å². The number of benzene rings is 2. The van der Waals surface area contributed by atoms with Crippen LogP contribution in [0.1, 0.15) is 52.5 Å². The van der Waals surface area contributed by atoms with Crippen molar-refractivity contribution in [1.29, 1.82) is 5.26 Å². The molecule has 0 spiro atoms. The zero-order valence-electron chi connectivity index (χ0n) is 16.8. The van der Waals surface area contributed by atoms with Gasteiger partial charge in [0.25, 0.3) is 0 Å². The maximum Gasteiger partial charge on any atom is 0.150 e. The van der Waals surface area contributed by atoms with Gasteiger partial charge in [0.2, 0.25) is 0 Å². The van der Waals surface area contributed by atoms with Gasteiger partial charge in [0.1, 0.15) is 6.29 Å².